The molecule has 1 aliphatic heterocycles. The van der Waals surface area contributed by atoms with Crippen LogP contribution < -0.4 is 4.74 Å². The molecule has 0 spiro atoms. The van der Waals surface area contributed by atoms with Crippen LogP contribution in [-0.4, -0.2) is 23.3 Å². The number of hydrogen-bond acceptors (Lipinski definition) is 4. The van der Waals surface area contributed by atoms with Crippen molar-refractivity contribution in [3.05, 3.63) is 69.7 Å². The fourth-order valence-corrected chi connectivity index (χ4v) is 3.25. The monoisotopic (exact) mass is 392 g/mol. The summed E-state index contributed by atoms with van der Waals surface area (Å²) in [5, 5.41) is 10.6. The molecule has 0 aliphatic carbocycles. The number of halogens is 2. The van der Waals surface area contributed by atoms with Crippen molar-refractivity contribution < 1.29 is 19.4 Å². The Bertz CT molecular complexity index is 805. The molecular formula is C20H18Cl2O4. The third-order valence-corrected chi connectivity index (χ3v) is 4.49. The fraction of sp³-hybridized carbons (Fsp3) is 0.250. The van der Waals surface area contributed by atoms with Crippen LogP contribution >= 0.6 is 23.2 Å². The van der Waals surface area contributed by atoms with Gasteiger partial charge in [-0.05, 0) is 23.8 Å². The Morgan fingerprint density at radius 1 is 1.23 bits per heavy atom. The molecule has 0 amide bonds. The van der Waals surface area contributed by atoms with Crippen LogP contribution in [0.2, 0.25) is 10.0 Å². The van der Waals surface area contributed by atoms with Gasteiger partial charge >= 0.3 is 5.97 Å². The minimum Gasteiger partial charge on any atom is -0.488 e. The van der Waals surface area contributed by atoms with Crippen LogP contribution in [0, 0.1) is 0 Å². The lowest BCUT2D eigenvalue weighted by atomic mass is 10.0. The van der Waals surface area contributed by atoms with E-state index in [4.69, 9.17) is 32.7 Å². The van der Waals surface area contributed by atoms with Crippen molar-refractivity contribution in [1.82, 2.24) is 0 Å². The van der Waals surface area contributed by atoms with Gasteiger partial charge in [0.25, 0.3) is 0 Å². The van der Waals surface area contributed by atoms with Crippen molar-refractivity contribution in [3.8, 4) is 5.75 Å². The first-order valence-corrected chi connectivity index (χ1v) is 8.98. The van der Waals surface area contributed by atoms with Gasteiger partial charge in [0.05, 0.1) is 17.5 Å². The van der Waals surface area contributed by atoms with E-state index in [0.717, 1.165) is 5.56 Å². The molecule has 1 N–H and O–H groups in total. The topological polar surface area (TPSA) is 55.8 Å². The van der Waals surface area contributed by atoms with Gasteiger partial charge in [-0.3, -0.25) is 4.79 Å². The summed E-state index contributed by atoms with van der Waals surface area (Å²) in [6.45, 7) is 0.371. The molecule has 3 rings (SSSR count). The van der Waals surface area contributed by atoms with E-state index < -0.39 is 18.2 Å². The maximum atomic E-state index is 11.4. The molecule has 1 fully saturated rings. The Balaban J connectivity index is 1.79. The molecule has 2 atom stereocenters. The highest BCUT2D eigenvalue weighted by atomic mass is 35.5. The summed E-state index contributed by atoms with van der Waals surface area (Å²) < 4.78 is 11.1. The van der Waals surface area contributed by atoms with Crippen molar-refractivity contribution in [1.29, 1.82) is 0 Å². The molecule has 2 aromatic rings. The first-order chi connectivity index (χ1) is 12.5. The first-order valence-electron chi connectivity index (χ1n) is 8.23. The highest BCUT2D eigenvalue weighted by Crippen LogP contribution is 2.33. The first kappa shape index (κ1) is 18.8. The molecule has 2 unspecified atom stereocenters. The van der Waals surface area contributed by atoms with Gasteiger partial charge in [-0.25, -0.2) is 0 Å². The normalized spacial score (nSPS) is 20.2. The van der Waals surface area contributed by atoms with Crippen LogP contribution in [0.25, 0.3) is 6.08 Å². The molecule has 0 aromatic heterocycles. The second-order valence-electron chi connectivity index (χ2n) is 6.05. The number of cyclic esters (lactones) is 1. The smallest absolute Gasteiger partial charge is 0.309 e. The minimum atomic E-state index is -0.694. The quantitative estimate of drug-likeness (QED) is 0.752. The molecule has 6 heteroatoms. The molecule has 4 nitrogen and oxygen atoms in total. The Morgan fingerprint density at radius 3 is 2.73 bits per heavy atom. The van der Waals surface area contributed by atoms with Crippen LogP contribution in [0.1, 0.15) is 24.0 Å². The molecule has 0 radical (unpaired) electrons. The maximum Gasteiger partial charge on any atom is 0.309 e. The summed E-state index contributed by atoms with van der Waals surface area (Å²) in [6, 6.07) is 13.1. The number of carbonyl (C=O) groups excluding carboxylic acids is 1. The van der Waals surface area contributed by atoms with Crippen molar-refractivity contribution in [2.45, 2.75) is 31.7 Å². The van der Waals surface area contributed by atoms with E-state index in [-0.39, 0.29) is 6.42 Å². The number of benzene rings is 2. The molecule has 0 saturated carbocycles. The standard InChI is InChI=1S/C20H18Cl2O4/c21-14-8-18(22)17(7-6-16-10-15(23)11-20(24)26-16)19(9-14)25-12-13-4-2-1-3-5-13/h1-9,15-16,23H,10-12H2/b7-6+. The van der Waals surface area contributed by atoms with Crippen molar-refractivity contribution in [2.24, 2.45) is 0 Å². The van der Waals surface area contributed by atoms with Gasteiger partial charge in [0, 0.05) is 17.0 Å². The van der Waals surface area contributed by atoms with E-state index in [2.05, 4.69) is 0 Å². The number of carbonyl (C=O) groups is 1. The van der Waals surface area contributed by atoms with Crippen molar-refractivity contribution in [2.75, 3.05) is 0 Å². The number of esters is 1. The van der Waals surface area contributed by atoms with E-state index >= 15 is 0 Å². The predicted molar refractivity (Wildman–Crippen MR) is 101 cm³/mol. The molecule has 0 bridgehead atoms. The van der Waals surface area contributed by atoms with Crippen LogP contribution in [0.5, 0.6) is 5.75 Å². The summed E-state index contributed by atoms with van der Waals surface area (Å²) in [5.74, 6) is 0.117. The Morgan fingerprint density at radius 2 is 2.00 bits per heavy atom. The summed E-state index contributed by atoms with van der Waals surface area (Å²) >= 11 is 12.4. The second-order valence-corrected chi connectivity index (χ2v) is 6.90. The zero-order chi connectivity index (χ0) is 18.5. The molecule has 1 aliphatic rings. The predicted octanol–water partition coefficient (Wildman–Crippen LogP) is 4.65. The molecule has 2 aromatic carbocycles. The Kier molecular flexibility index (Phi) is 6.20. The molecule has 26 heavy (non-hydrogen) atoms. The maximum absolute atomic E-state index is 11.4. The van der Waals surface area contributed by atoms with Crippen molar-refractivity contribution in [3.63, 3.8) is 0 Å². The Labute approximate surface area is 162 Å². The lowest BCUT2D eigenvalue weighted by Gasteiger charge is -2.23. The minimum absolute atomic E-state index is 0.0253. The van der Waals surface area contributed by atoms with E-state index in [1.165, 1.54) is 0 Å². The van der Waals surface area contributed by atoms with Gasteiger partial charge in [-0.2, -0.15) is 0 Å². The van der Waals surface area contributed by atoms with Gasteiger partial charge in [0.15, 0.2) is 0 Å². The fourth-order valence-electron chi connectivity index (χ4n) is 2.71. The molecule has 1 saturated heterocycles. The van der Waals surface area contributed by atoms with E-state index in [1.54, 1.807) is 24.3 Å². The van der Waals surface area contributed by atoms with Gasteiger partial charge in [-0.1, -0.05) is 59.6 Å². The van der Waals surface area contributed by atoms with Crippen LogP contribution in [0.4, 0.5) is 0 Å². The van der Waals surface area contributed by atoms with Gasteiger partial charge in [-0.15, -0.1) is 0 Å². The molecular weight excluding hydrogens is 375 g/mol. The lowest BCUT2D eigenvalue weighted by molar-refractivity contribution is -0.156. The number of rotatable bonds is 5. The van der Waals surface area contributed by atoms with E-state index in [9.17, 15) is 9.90 Å². The van der Waals surface area contributed by atoms with Crippen molar-refractivity contribution >= 4 is 35.2 Å². The average Bonchev–Trinajstić information content (AvgIpc) is 2.59. The van der Waals surface area contributed by atoms with Gasteiger partial charge in [0.2, 0.25) is 0 Å². The summed E-state index contributed by atoms with van der Waals surface area (Å²) in [7, 11) is 0. The number of aliphatic hydroxyl groups excluding tert-OH is 1. The largest absolute Gasteiger partial charge is 0.488 e. The van der Waals surface area contributed by atoms with Gasteiger partial charge < -0.3 is 14.6 Å². The molecule has 136 valence electrons. The van der Waals surface area contributed by atoms with E-state index in [0.29, 0.717) is 34.4 Å². The number of ether oxygens (including phenoxy) is 2. The summed E-state index contributed by atoms with van der Waals surface area (Å²) in [5.41, 5.74) is 1.66. The third kappa shape index (κ3) is 5.01. The van der Waals surface area contributed by atoms with Crippen LogP contribution in [-0.2, 0) is 16.1 Å². The number of aliphatic hydroxyl groups is 1. The Hall–Kier alpha value is -2.01. The number of hydrogen-bond donors (Lipinski definition) is 1. The highest BCUT2D eigenvalue weighted by Gasteiger charge is 2.25. The van der Waals surface area contributed by atoms with Crippen LogP contribution in [0.3, 0.4) is 0 Å². The summed E-state index contributed by atoms with van der Waals surface area (Å²) in [6.07, 6.45) is 2.62. The average molecular weight is 393 g/mol. The highest BCUT2D eigenvalue weighted by molar-refractivity contribution is 6.35. The summed E-state index contributed by atoms with van der Waals surface area (Å²) in [4.78, 5) is 11.4. The van der Waals surface area contributed by atoms with Crippen LogP contribution in [0.15, 0.2) is 48.5 Å². The zero-order valence-electron chi connectivity index (χ0n) is 13.9. The lowest BCUT2D eigenvalue weighted by Crippen LogP contribution is -2.31. The van der Waals surface area contributed by atoms with Gasteiger partial charge in [0.1, 0.15) is 18.5 Å². The second kappa shape index (κ2) is 8.58. The third-order valence-electron chi connectivity index (χ3n) is 3.96. The SMILES string of the molecule is O=C1CC(O)CC(/C=C/c2c(Cl)cc(Cl)cc2OCc2ccccc2)O1. The van der Waals surface area contributed by atoms with E-state index in [1.807, 2.05) is 30.3 Å². The zero-order valence-corrected chi connectivity index (χ0v) is 15.4. The molecule has 1 heterocycles.